The molecular formula is C36H48N6O5. The standard InChI is InChI=1S/C36H48N6O5/c1-23(2)19-31-35(45)38-25(4)33(43)37-17-9-10-18-42(22-30-24(3)41-47-26(30)5)21-28-13-15-29(16-14-28)34(44)39-32(36(46)40-31)20-27-11-7-6-8-12-27/h6-8,11-16,23,25,31-32H,9-10,17-22H2,1-5H3,(H,37,43)(H,38,45)(H,39,44)(H,40,46)/t25-,31+,32-/m1/s1. The van der Waals surface area contributed by atoms with E-state index in [9.17, 15) is 19.2 Å². The third-order valence-electron chi connectivity index (χ3n) is 8.38. The number of nitrogens with zero attached hydrogens (tertiary/aromatic N) is 2. The molecule has 11 heteroatoms. The van der Waals surface area contributed by atoms with Crippen molar-refractivity contribution in [3.8, 4) is 0 Å². The summed E-state index contributed by atoms with van der Waals surface area (Å²) in [6, 6.07) is 14.2. The minimum atomic E-state index is -0.938. The van der Waals surface area contributed by atoms with Crippen LogP contribution >= 0.6 is 0 Å². The van der Waals surface area contributed by atoms with Crippen molar-refractivity contribution < 1.29 is 23.7 Å². The number of nitrogens with one attached hydrogen (secondary N) is 4. The van der Waals surface area contributed by atoms with Crippen molar-refractivity contribution >= 4 is 23.6 Å². The van der Waals surface area contributed by atoms with Crippen molar-refractivity contribution in [2.24, 2.45) is 5.92 Å². The first kappa shape index (κ1) is 35.3. The van der Waals surface area contributed by atoms with Gasteiger partial charge in [-0.1, -0.05) is 61.5 Å². The number of benzene rings is 2. The van der Waals surface area contributed by atoms with Crippen molar-refractivity contribution in [2.45, 2.75) is 91.5 Å². The molecule has 5 rings (SSSR count). The SMILES string of the molecule is Cc1noc(C)c1CN1CCCCNC(=O)[C@@H](C)NC(=O)[C@H](CC(C)C)NC(=O)[C@@H](Cc2ccccc2)NC(=O)c2ccc(cc2)C1. The molecule has 2 aliphatic rings. The number of hydrogen-bond acceptors (Lipinski definition) is 7. The Bertz CT molecular complexity index is 1480. The van der Waals surface area contributed by atoms with Crippen LogP contribution < -0.4 is 21.3 Å². The van der Waals surface area contributed by atoms with Crippen LogP contribution in [0.1, 0.15) is 78.5 Å². The van der Waals surface area contributed by atoms with Crippen LogP contribution in [-0.4, -0.2) is 64.9 Å². The Hall–Kier alpha value is -4.51. The maximum atomic E-state index is 13.7. The van der Waals surface area contributed by atoms with Crippen LogP contribution in [0.3, 0.4) is 0 Å². The van der Waals surface area contributed by atoms with Gasteiger partial charge in [-0.25, -0.2) is 0 Å². The van der Waals surface area contributed by atoms with Gasteiger partial charge in [-0.3, -0.25) is 24.1 Å². The van der Waals surface area contributed by atoms with Crippen molar-refractivity contribution in [3.05, 3.63) is 88.3 Å². The Labute approximate surface area is 277 Å². The van der Waals surface area contributed by atoms with E-state index in [1.165, 1.54) is 0 Å². The van der Waals surface area contributed by atoms with Gasteiger partial charge >= 0.3 is 0 Å². The van der Waals surface area contributed by atoms with Crippen LogP contribution in [0.5, 0.6) is 0 Å². The first-order valence-electron chi connectivity index (χ1n) is 16.5. The molecule has 47 heavy (non-hydrogen) atoms. The van der Waals surface area contributed by atoms with Crippen LogP contribution in [-0.2, 0) is 33.9 Å². The number of fused-ring (bicyclic) bond motifs is 18. The Morgan fingerprint density at radius 2 is 1.57 bits per heavy atom. The van der Waals surface area contributed by atoms with E-state index in [4.69, 9.17) is 4.52 Å². The lowest BCUT2D eigenvalue weighted by atomic mass is 10.0. The van der Waals surface area contributed by atoms with Crippen LogP contribution in [0.15, 0.2) is 59.1 Å². The van der Waals surface area contributed by atoms with Gasteiger partial charge in [0.2, 0.25) is 17.7 Å². The zero-order valence-corrected chi connectivity index (χ0v) is 28.1. The van der Waals surface area contributed by atoms with Crippen molar-refractivity contribution in [3.63, 3.8) is 0 Å². The molecule has 4 amide bonds. The average molecular weight is 645 g/mol. The van der Waals surface area contributed by atoms with Crippen molar-refractivity contribution in [1.29, 1.82) is 0 Å². The number of hydrogen-bond donors (Lipinski definition) is 4. The Morgan fingerprint density at radius 3 is 2.23 bits per heavy atom. The number of amides is 4. The Balaban J connectivity index is 1.61. The van der Waals surface area contributed by atoms with Crippen LogP contribution in [0.4, 0.5) is 0 Å². The summed E-state index contributed by atoms with van der Waals surface area (Å²) >= 11 is 0. The predicted molar refractivity (Wildman–Crippen MR) is 179 cm³/mol. The summed E-state index contributed by atoms with van der Waals surface area (Å²) < 4.78 is 5.40. The first-order chi connectivity index (χ1) is 22.5. The van der Waals surface area contributed by atoms with Crippen molar-refractivity contribution in [1.82, 2.24) is 31.3 Å². The lowest BCUT2D eigenvalue weighted by Crippen LogP contribution is -2.57. The Morgan fingerprint density at radius 1 is 0.872 bits per heavy atom. The van der Waals surface area contributed by atoms with Gasteiger partial charge in [-0.2, -0.15) is 0 Å². The second-order valence-corrected chi connectivity index (χ2v) is 12.8. The minimum Gasteiger partial charge on any atom is -0.361 e. The summed E-state index contributed by atoms with van der Waals surface area (Å²) in [7, 11) is 0. The molecule has 0 saturated heterocycles. The smallest absolute Gasteiger partial charge is 0.251 e. The van der Waals surface area contributed by atoms with E-state index in [0.29, 0.717) is 31.6 Å². The minimum absolute atomic E-state index is 0.0857. The van der Waals surface area contributed by atoms with Gasteiger partial charge in [0.05, 0.1) is 5.69 Å². The van der Waals surface area contributed by atoms with E-state index in [0.717, 1.165) is 47.5 Å². The summed E-state index contributed by atoms with van der Waals surface area (Å²) in [6.07, 6.45) is 2.18. The molecule has 0 fully saturated rings. The second kappa shape index (κ2) is 16.9. The lowest BCUT2D eigenvalue weighted by molar-refractivity contribution is -0.132. The molecule has 3 atom stereocenters. The highest BCUT2D eigenvalue weighted by Gasteiger charge is 2.29. The van der Waals surface area contributed by atoms with Gasteiger partial charge in [0, 0.05) is 37.2 Å². The van der Waals surface area contributed by atoms with Crippen LogP contribution in [0, 0.1) is 19.8 Å². The number of aryl methyl sites for hydroxylation is 2. The van der Waals surface area contributed by atoms with E-state index in [1.54, 1.807) is 19.1 Å². The van der Waals surface area contributed by atoms with E-state index < -0.39 is 29.9 Å². The maximum Gasteiger partial charge on any atom is 0.251 e. The fourth-order valence-corrected chi connectivity index (χ4v) is 5.67. The van der Waals surface area contributed by atoms with E-state index in [1.807, 2.05) is 70.2 Å². The van der Waals surface area contributed by atoms with E-state index in [-0.39, 0.29) is 24.2 Å². The van der Waals surface area contributed by atoms with Gasteiger partial charge in [0.1, 0.15) is 23.9 Å². The highest BCUT2D eigenvalue weighted by molar-refractivity contribution is 5.99. The average Bonchev–Trinajstić information content (AvgIpc) is 3.35. The van der Waals surface area contributed by atoms with Gasteiger partial charge in [0.25, 0.3) is 5.91 Å². The zero-order chi connectivity index (χ0) is 33.9. The first-order valence-corrected chi connectivity index (χ1v) is 16.5. The van der Waals surface area contributed by atoms with Gasteiger partial charge < -0.3 is 25.8 Å². The summed E-state index contributed by atoms with van der Waals surface area (Å²) in [5.41, 5.74) is 4.22. The molecule has 2 aromatic carbocycles. The summed E-state index contributed by atoms with van der Waals surface area (Å²) in [5.74, 6) is -0.734. The fraction of sp³-hybridized carbons (Fsp3) is 0.472. The van der Waals surface area contributed by atoms with Gasteiger partial charge in [-0.05, 0) is 75.8 Å². The summed E-state index contributed by atoms with van der Waals surface area (Å²) in [5, 5.41) is 15.6. The number of carbonyl (C=O) groups excluding carboxylic acids is 4. The molecule has 11 nitrogen and oxygen atoms in total. The monoisotopic (exact) mass is 644 g/mol. The molecule has 0 radical (unpaired) electrons. The van der Waals surface area contributed by atoms with Gasteiger partial charge in [0.15, 0.2) is 0 Å². The highest BCUT2D eigenvalue weighted by Crippen LogP contribution is 2.18. The molecule has 2 aliphatic heterocycles. The molecule has 0 saturated carbocycles. The predicted octanol–water partition coefficient (Wildman–Crippen LogP) is 3.58. The molecule has 3 heterocycles. The molecule has 1 aromatic heterocycles. The van der Waals surface area contributed by atoms with Crippen molar-refractivity contribution in [2.75, 3.05) is 13.1 Å². The quantitative estimate of drug-likeness (QED) is 0.300. The molecule has 3 aromatic rings. The maximum absolute atomic E-state index is 13.7. The number of rotatable bonds is 6. The van der Waals surface area contributed by atoms with Crippen LogP contribution in [0.25, 0.3) is 0 Å². The largest absolute Gasteiger partial charge is 0.361 e. The van der Waals surface area contributed by atoms with Crippen LogP contribution in [0.2, 0.25) is 0 Å². The molecule has 4 N–H and O–H groups in total. The Kier molecular flexibility index (Phi) is 12.7. The molecule has 0 aliphatic carbocycles. The highest BCUT2D eigenvalue weighted by atomic mass is 16.5. The molecule has 0 spiro atoms. The third-order valence-corrected chi connectivity index (χ3v) is 8.38. The molecule has 2 bridgehead atoms. The molecular weight excluding hydrogens is 596 g/mol. The normalized spacial score (nSPS) is 21.0. The number of aromatic nitrogens is 1. The topological polar surface area (TPSA) is 146 Å². The fourth-order valence-electron chi connectivity index (χ4n) is 5.67. The number of carbonyl (C=O) groups is 4. The van der Waals surface area contributed by atoms with E-state index in [2.05, 4.69) is 31.3 Å². The zero-order valence-electron chi connectivity index (χ0n) is 28.1. The summed E-state index contributed by atoms with van der Waals surface area (Å²) in [4.78, 5) is 55.8. The third kappa shape index (κ3) is 10.5. The molecule has 0 unspecified atom stereocenters. The molecule has 252 valence electrons. The second-order valence-electron chi connectivity index (χ2n) is 12.8. The van der Waals surface area contributed by atoms with E-state index >= 15 is 0 Å². The lowest BCUT2D eigenvalue weighted by Gasteiger charge is -2.25. The summed E-state index contributed by atoms with van der Waals surface area (Å²) in [6.45, 7) is 11.9. The van der Waals surface area contributed by atoms with Gasteiger partial charge in [-0.15, -0.1) is 0 Å².